The Kier molecular flexibility index (Phi) is 7.39. The van der Waals surface area contributed by atoms with E-state index in [4.69, 9.17) is 39.5 Å². The van der Waals surface area contributed by atoms with Gasteiger partial charge >= 0.3 is 12.1 Å². The number of benzene rings is 1. The molecule has 2 N–H and O–H groups in total. The van der Waals surface area contributed by atoms with E-state index in [-0.39, 0.29) is 14.9 Å². The number of rotatable bonds is 7. The zero-order valence-corrected chi connectivity index (χ0v) is 18.0. The molecule has 1 amide bonds. The van der Waals surface area contributed by atoms with Gasteiger partial charge in [0.15, 0.2) is 6.04 Å². The minimum Gasteiger partial charge on any atom is -0.480 e. The van der Waals surface area contributed by atoms with Crippen LogP contribution in [0.25, 0.3) is 0 Å². The lowest BCUT2D eigenvalue weighted by molar-refractivity contribution is -0.141. The Labute approximate surface area is 181 Å². The number of carboxylic acids is 1. The van der Waals surface area contributed by atoms with Crippen LogP contribution in [0.3, 0.4) is 0 Å². The molecule has 0 bridgehead atoms. The SMILES string of the molecule is Cc1ccc(S(=O)(=O)N(C(=O)OCC(Cl)(Cl)Cl)C(Cc2c[nH]cn2)C(=O)O)cc1. The van der Waals surface area contributed by atoms with E-state index in [1.807, 2.05) is 0 Å². The van der Waals surface area contributed by atoms with Crippen LogP contribution in [0.4, 0.5) is 4.79 Å². The first-order valence-corrected chi connectivity index (χ1v) is 10.5. The van der Waals surface area contributed by atoms with Gasteiger partial charge in [-0.3, -0.25) is 0 Å². The first kappa shape index (κ1) is 23.3. The molecule has 0 saturated carbocycles. The summed E-state index contributed by atoms with van der Waals surface area (Å²) in [5.41, 5.74) is 0.983. The van der Waals surface area contributed by atoms with E-state index in [1.54, 1.807) is 6.92 Å². The highest BCUT2D eigenvalue weighted by molar-refractivity contribution is 7.89. The fourth-order valence-electron chi connectivity index (χ4n) is 2.30. The van der Waals surface area contributed by atoms with Gasteiger partial charge in [0.2, 0.25) is 3.79 Å². The molecule has 1 aromatic carbocycles. The molecule has 158 valence electrons. The number of carboxylic acid groups (broad SMARTS) is 1. The van der Waals surface area contributed by atoms with Crippen LogP contribution in [-0.4, -0.2) is 56.3 Å². The number of aromatic amines is 1. The molecule has 1 aromatic heterocycles. The number of amides is 1. The Hall–Kier alpha value is -2.01. The third-order valence-corrected chi connectivity index (χ3v) is 5.76. The molecular formula is C16H16Cl3N3O6S. The minimum absolute atomic E-state index is 0.116. The number of aryl methyl sites for hydroxylation is 1. The number of ether oxygens (including phenoxy) is 1. The number of carbonyl (C=O) groups is 2. The highest BCUT2D eigenvalue weighted by atomic mass is 35.6. The van der Waals surface area contributed by atoms with E-state index >= 15 is 0 Å². The molecule has 0 radical (unpaired) electrons. The summed E-state index contributed by atoms with van der Waals surface area (Å²) in [7, 11) is -4.62. The maximum absolute atomic E-state index is 13.1. The van der Waals surface area contributed by atoms with E-state index in [9.17, 15) is 23.1 Å². The summed E-state index contributed by atoms with van der Waals surface area (Å²) in [6.45, 7) is 0.951. The lowest BCUT2D eigenvalue weighted by Gasteiger charge is -2.28. The van der Waals surface area contributed by atoms with Crippen LogP contribution >= 0.6 is 34.8 Å². The van der Waals surface area contributed by atoms with Crippen molar-refractivity contribution >= 4 is 56.9 Å². The van der Waals surface area contributed by atoms with Gasteiger partial charge in [-0.15, -0.1) is 0 Å². The molecule has 0 fully saturated rings. The third-order valence-electron chi connectivity index (χ3n) is 3.64. The van der Waals surface area contributed by atoms with Crippen LogP contribution in [0.2, 0.25) is 0 Å². The van der Waals surface area contributed by atoms with Crippen LogP contribution in [-0.2, 0) is 26.0 Å². The number of halogens is 3. The predicted molar refractivity (Wildman–Crippen MR) is 106 cm³/mol. The standard InChI is InChI=1S/C16H16Cl3N3O6S/c1-10-2-4-12(5-3-10)29(26,27)22(15(25)28-8-16(17,18)19)13(14(23)24)6-11-7-20-9-21-11/h2-5,7,9,13H,6,8H2,1H3,(H,20,21)(H,23,24). The van der Waals surface area contributed by atoms with Crippen molar-refractivity contribution in [2.75, 3.05) is 6.61 Å². The van der Waals surface area contributed by atoms with Crippen LogP contribution in [0.1, 0.15) is 11.3 Å². The summed E-state index contributed by atoms with van der Waals surface area (Å²) in [6, 6.07) is 3.63. The molecule has 1 heterocycles. The van der Waals surface area contributed by atoms with E-state index < -0.39 is 44.9 Å². The Morgan fingerprint density at radius 2 is 1.90 bits per heavy atom. The zero-order chi connectivity index (χ0) is 21.8. The summed E-state index contributed by atoms with van der Waals surface area (Å²) in [4.78, 5) is 30.7. The summed E-state index contributed by atoms with van der Waals surface area (Å²) >= 11 is 16.6. The van der Waals surface area contributed by atoms with Crippen molar-refractivity contribution in [2.45, 2.75) is 28.1 Å². The average Bonchev–Trinajstić information content (AvgIpc) is 3.12. The number of nitrogens with zero attached hydrogens (tertiary/aromatic N) is 2. The number of aromatic nitrogens is 2. The summed E-state index contributed by atoms with van der Waals surface area (Å²) in [6.07, 6.45) is 0.750. The normalized spacial score (nSPS) is 13.0. The van der Waals surface area contributed by atoms with Gasteiger partial charge in [0.05, 0.1) is 16.9 Å². The largest absolute Gasteiger partial charge is 0.480 e. The number of carbonyl (C=O) groups excluding carboxylic acids is 1. The Morgan fingerprint density at radius 3 is 2.38 bits per heavy atom. The van der Waals surface area contributed by atoms with E-state index in [2.05, 4.69) is 9.97 Å². The van der Waals surface area contributed by atoms with Crippen LogP contribution < -0.4 is 0 Å². The fourth-order valence-corrected chi connectivity index (χ4v) is 3.91. The van der Waals surface area contributed by atoms with Gasteiger partial charge < -0.3 is 14.8 Å². The van der Waals surface area contributed by atoms with Gasteiger partial charge in [0, 0.05) is 12.6 Å². The molecule has 2 rings (SSSR count). The van der Waals surface area contributed by atoms with Gasteiger partial charge in [-0.25, -0.2) is 23.0 Å². The van der Waals surface area contributed by atoms with E-state index in [0.717, 1.165) is 5.56 Å². The van der Waals surface area contributed by atoms with Crippen LogP contribution in [0.15, 0.2) is 41.7 Å². The third kappa shape index (κ3) is 6.23. The first-order valence-electron chi connectivity index (χ1n) is 7.97. The monoisotopic (exact) mass is 483 g/mol. The number of sulfonamides is 1. The quantitative estimate of drug-likeness (QED) is 0.578. The second kappa shape index (κ2) is 9.21. The van der Waals surface area contributed by atoms with Gasteiger partial charge in [0.1, 0.15) is 6.61 Å². The smallest absolute Gasteiger partial charge is 0.424 e. The number of aliphatic carboxylic acids is 1. The second-order valence-electron chi connectivity index (χ2n) is 5.90. The number of imidazole rings is 1. The summed E-state index contributed by atoms with van der Waals surface area (Å²) in [5, 5.41) is 9.64. The van der Waals surface area contributed by atoms with Gasteiger partial charge in [-0.05, 0) is 19.1 Å². The average molecular weight is 485 g/mol. The van der Waals surface area contributed by atoms with Crippen molar-refractivity contribution in [1.29, 1.82) is 0 Å². The molecule has 0 aliphatic heterocycles. The molecule has 0 spiro atoms. The molecular weight excluding hydrogens is 469 g/mol. The molecule has 9 nitrogen and oxygen atoms in total. The lowest BCUT2D eigenvalue weighted by atomic mass is 10.2. The second-order valence-corrected chi connectivity index (χ2v) is 10.2. The minimum atomic E-state index is -4.62. The first-order chi connectivity index (χ1) is 13.4. The molecule has 0 aliphatic carbocycles. The number of H-pyrrole nitrogens is 1. The van der Waals surface area contributed by atoms with Crippen molar-refractivity contribution in [3.63, 3.8) is 0 Å². The lowest BCUT2D eigenvalue weighted by Crippen LogP contribution is -2.50. The van der Waals surface area contributed by atoms with Gasteiger partial charge in [-0.2, -0.15) is 4.31 Å². The predicted octanol–water partition coefficient (Wildman–Crippen LogP) is 2.91. The van der Waals surface area contributed by atoms with E-state index in [1.165, 1.54) is 36.8 Å². The zero-order valence-electron chi connectivity index (χ0n) is 14.9. The molecule has 0 saturated heterocycles. The van der Waals surface area contributed by atoms with Crippen molar-refractivity contribution in [2.24, 2.45) is 0 Å². The Balaban J connectivity index is 2.49. The Morgan fingerprint density at radius 1 is 1.28 bits per heavy atom. The number of hydrogen-bond donors (Lipinski definition) is 2. The van der Waals surface area contributed by atoms with Gasteiger partial charge in [0.25, 0.3) is 10.0 Å². The highest BCUT2D eigenvalue weighted by Gasteiger charge is 2.42. The number of hydrogen-bond acceptors (Lipinski definition) is 6. The van der Waals surface area contributed by atoms with Crippen molar-refractivity contribution in [3.05, 3.63) is 48.0 Å². The van der Waals surface area contributed by atoms with Crippen molar-refractivity contribution < 1.29 is 27.9 Å². The number of alkyl halides is 3. The summed E-state index contributed by atoms with van der Waals surface area (Å²) in [5.74, 6) is -1.59. The maximum Gasteiger partial charge on any atom is 0.424 e. The molecule has 1 unspecified atom stereocenters. The molecule has 0 aliphatic rings. The molecule has 2 aromatic rings. The topological polar surface area (TPSA) is 130 Å². The van der Waals surface area contributed by atoms with Crippen molar-refractivity contribution in [1.82, 2.24) is 14.3 Å². The van der Waals surface area contributed by atoms with Crippen LogP contribution in [0.5, 0.6) is 0 Å². The van der Waals surface area contributed by atoms with E-state index in [0.29, 0.717) is 0 Å². The molecule has 13 heteroatoms. The maximum atomic E-state index is 13.1. The molecule has 29 heavy (non-hydrogen) atoms. The Bertz CT molecular complexity index is 959. The fraction of sp³-hybridized carbons (Fsp3) is 0.312. The van der Waals surface area contributed by atoms with Crippen molar-refractivity contribution in [3.8, 4) is 0 Å². The van der Waals surface area contributed by atoms with Gasteiger partial charge in [-0.1, -0.05) is 52.5 Å². The molecule has 1 atom stereocenters. The number of nitrogens with one attached hydrogen (secondary N) is 1. The highest BCUT2D eigenvalue weighted by Crippen LogP contribution is 2.28. The van der Waals surface area contributed by atoms with Crippen LogP contribution in [0, 0.1) is 6.92 Å². The summed E-state index contributed by atoms with van der Waals surface area (Å²) < 4.78 is 29.1.